The van der Waals surface area contributed by atoms with Crippen LogP contribution in [0.2, 0.25) is 13.1 Å². The summed E-state index contributed by atoms with van der Waals surface area (Å²) in [5, 5.41) is 3.12. The number of hydrogen-bond donors (Lipinski definition) is 0. The first kappa shape index (κ1) is 14.4. The molecule has 21 heavy (non-hydrogen) atoms. The molecule has 0 aromatic heterocycles. The Kier molecular flexibility index (Phi) is 3.07. The van der Waals surface area contributed by atoms with Crippen molar-refractivity contribution in [2.24, 2.45) is 0 Å². The summed E-state index contributed by atoms with van der Waals surface area (Å²) in [5.41, 5.74) is 4.24. The van der Waals surface area contributed by atoms with Gasteiger partial charge in [-0.3, -0.25) is 0 Å². The van der Waals surface area contributed by atoms with Crippen LogP contribution >= 0.6 is 0 Å². The molecule has 0 amide bonds. The lowest BCUT2D eigenvalue weighted by atomic mass is 10.0. The van der Waals surface area contributed by atoms with Crippen molar-refractivity contribution in [2.45, 2.75) is 46.3 Å². The van der Waals surface area contributed by atoms with Gasteiger partial charge < -0.3 is 4.90 Å². The third-order valence-corrected chi connectivity index (χ3v) is 8.07. The summed E-state index contributed by atoms with van der Waals surface area (Å²) in [7, 11) is -1.63. The Morgan fingerprint density at radius 2 is 1.48 bits per heavy atom. The van der Waals surface area contributed by atoms with Gasteiger partial charge in [-0.25, -0.2) is 0 Å². The molecule has 0 saturated heterocycles. The molecule has 0 bridgehead atoms. The molecule has 0 spiro atoms. The van der Waals surface area contributed by atoms with Crippen molar-refractivity contribution in [1.29, 1.82) is 0 Å². The Balaban J connectivity index is 2.37. The quantitative estimate of drug-likeness (QED) is 0.662. The van der Waals surface area contributed by atoms with Crippen molar-refractivity contribution in [1.82, 2.24) is 0 Å². The summed E-state index contributed by atoms with van der Waals surface area (Å²) in [6, 6.07) is 16.0. The molecule has 2 heteroatoms. The first-order valence-electron chi connectivity index (χ1n) is 7.74. The molecule has 0 atom stereocenters. The highest BCUT2D eigenvalue weighted by molar-refractivity contribution is 7.02. The van der Waals surface area contributed by atoms with E-state index >= 15 is 0 Å². The molecule has 0 radical (unpaired) electrons. The van der Waals surface area contributed by atoms with Gasteiger partial charge in [-0.2, -0.15) is 0 Å². The molecule has 1 aliphatic rings. The summed E-state index contributed by atoms with van der Waals surface area (Å²) >= 11 is 0. The maximum absolute atomic E-state index is 2.52. The lowest BCUT2D eigenvalue weighted by Gasteiger charge is -2.47. The van der Waals surface area contributed by atoms with Crippen LogP contribution < -0.4 is 15.3 Å². The smallest absolute Gasteiger partial charge is 0.117 e. The van der Waals surface area contributed by atoms with Crippen LogP contribution in [0, 0.1) is 6.92 Å². The summed E-state index contributed by atoms with van der Waals surface area (Å²) in [4.78, 5) is 2.52. The van der Waals surface area contributed by atoms with Gasteiger partial charge in [-0.1, -0.05) is 49.0 Å². The second-order valence-corrected chi connectivity index (χ2v) is 12.0. The van der Waals surface area contributed by atoms with E-state index in [1.165, 1.54) is 16.9 Å². The van der Waals surface area contributed by atoms with E-state index in [4.69, 9.17) is 0 Å². The zero-order valence-corrected chi connectivity index (χ0v) is 15.0. The molecule has 0 aliphatic carbocycles. The van der Waals surface area contributed by atoms with E-state index < -0.39 is 8.07 Å². The van der Waals surface area contributed by atoms with E-state index in [1.807, 2.05) is 0 Å². The van der Waals surface area contributed by atoms with E-state index in [1.54, 1.807) is 10.4 Å². The Bertz CT molecular complexity index is 695. The molecule has 1 heterocycles. The van der Waals surface area contributed by atoms with Crippen LogP contribution in [0.4, 0.5) is 11.4 Å². The van der Waals surface area contributed by atoms with Crippen LogP contribution in [-0.2, 0) is 0 Å². The second-order valence-electron chi connectivity index (χ2n) is 7.67. The van der Waals surface area contributed by atoms with Gasteiger partial charge >= 0.3 is 0 Å². The maximum atomic E-state index is 2.52. The van der Waals surface area contributed by atoms with Gasteiger partial charge in [-0.05, 0) is 50.2 Å². The standard InChI is InChI=1S/C19H25NSi/c1-14-11-12-16-18(13-14)21(5,6)17-10-8-7-9-15(17)20(16)19(2,3)4/h7-13H,1-6H3. The lowest BCUT2D eigenvalue weighted by Crippen LogP contribution is -2.61. The molecule has 0 unspecified atom stereocenters. The largest absolute Gasteiger partial charge is 0.336 e. The van der Waals surface area contributed by atoms with Crippen LogP contribution in [0.15, 0.2) is 42.5 Å². The predicted molar refractivity (Wildman–Crippen MR) is 96.3 cm³/mol. The third-order valence-electron chi connectivity index (χ3n) is 4.56. The minimum absolute atomic E-state index is 0.0744. The fourth-order valence-electron chi connectivity index (χ4n) is 3.54. The van der Waals surface area contributed by atoms with E-state index in [-0.39, 0.29) is 5.54 Å². The highest BCUT2D eigenvalue weighted by Gasteiger charge is 2.40. The fourth-order valence-corrected chi connectivity index (χ4v) is 6.60. The SMILES string of the molecule is Cc1ccc2c(c1)[Si](C)(C)c1ccccc1N2C(C)(C)C. The summed E-state index contributed by atoms with van der Waals surface area (Å²) < 4.78 is 0. The van der Waals surface area contributed by atoms with Gasteiger partial charge in [0.05, 0.1) is 0 Å². The van der Waals surface area contributed by atoms with Gasteiger partial charge in [0.1, 0.15) is 8.07 Å². The highest BCUT2D eigenvalue weighted by Crippen LogP contribution is 2.37. The number of anilines is 2. The predicted octanol–water partition coefficient (Wildman–Crippen LogP) is 4.07. The zero-order valence-electron chi connectivity index (χ0n) is 14.0. The Morgan fingerprint density at radius 1 is 0.857 bits per heavy atom. The van der Waals surface area contributed by atoms with Crippen molar-refractivity contribution < 1.29 is 0 Å². The molecule has 2 aromatic rings. The molecule has 0 saturated carbocycles. The third kappa shape index (κ3) is 2.13. The molecular weight excluding hydrogens is 270 g/mol. The average Bonchev–Trinajstić information content (AvgIpc) is 2.39. The van der Waals surface area contributed by atoms with Gasteiger partial charge in [0.2, 0.25) is 0 Å². The van der Waals surface area contributed by atoms with Crippen molar-refractivity contribution in [2.75, 3.05) is 4.90 Å². The van der Waals surface area contributed by atoms with Crippen LogP contribution in [0.5, 0.6) is 0 Å². The molecule has 0 fully saturated rings. The zero-order chi connectivity index (χ0) is 15.4. The van der Waals surface area contributed by atoms with E-state index in [0.717, 1.165) is 0 Å². The minimum atomic E-state index is -1.63. The normalized spacial score (nSPS) is 16.4. The van der Waals surface area contributed by atoms with Gasteiger partial charge in [0.15, 0.2) is 0 Å². The Morgan fingerprint density at radius 3 is 2.14 bits per heavy atom. The molecule has 2 aromatic carbocycles. The van der Waals surface area contributed by atoms with Gasteiger partial charge in [0.25, 0.3) is 0 Å². The topological polar surface area (TPSA) is 3.24 Å². The monoisotopic (exact) mass is 295 g/mol. The molecule has 1 aliphatic heterocycles. The number of fused-ring (bicyclic) bond motifs is 2. The maximum Gasteiger partial charge on any atom is 0.117 e. The van der Waals surface area contributed by atoms with Crippen molar-refractivity contribution in [3.05, 3.63) is 48.0 Å². The number of hydrogen-bond acceptors (Lipinski definition) is 1. The van der Waals surface area contributed by atoms with Crippen molar-refractivity contribution in [3.8, 4) is 0 Å². The average molecular weight is 296 g/mol. The first-order valence-corrected chi connectivity index (χ1v) is 10.7. The number of benzene rings is 2. The van der Waals surface area contributed by atoms with E-state index in [0.29, 0.717) is 0 Å². The van der Waals surface area contributed by atoms with Crippen LogP contribution in [0.25, 0.3) is 0 Å². The van der Waals surface area contributed by atoms with Crippen molar-refractivity contribution >= 4 is 29.8 Å². The number of rotatable bonds is 0. The summed E-state index contributed by atoms with van der Waals surface area (Å²) in [5.74, 6) is 0. The summed E-state index contributed by atoms with van der Waals surface area (Å²) in [6.07, 6.45) is 0. The number of para-hydroxylation sites is 1. The van der Waals surface area contributed by atoms with E-state index in [9.17, 15) is 0 Å². The van der Waals surface area contributed by atoms with E-state index in [2.05, 4.69) is 88.2 Å². The lowest BCUT2D eigenvalue weighted by molar-refractivity contribution is 0.561. The highest BCUT2D eigenvalue weighted by atomic mass is 28.3. The van der Waals surface area contributed by atoms with Gasteiger partial charge in [-0.15, -0.1) is 0 Å². The van der Waals surface area contributed by atoms with Crippen LogP contribution in [0.1, 0.15) is 26.3 Å². The first-order chi connectivity index (χ1) is 9.73. The Labute approximate surface area is 129 Å². The second kappa shape index (κ2) is 4.47. The van der Waals surface area contributed by atoms with Gasteiger partial charge in [0, 0.05) is 16.9 Å². The van der Waals surface area contributed by atoms with Crippen molar-refractivity contribution in [3.63, 3.8) is 0 Å². The molecular formula is C19H25NSi. The van der Waals surface area contributed by atoms with Crippen LogP contribution in [-0.4, -0.2) is 13.6 Å². The van der Waals surface area contributed by atoms with Crippen LogP contribution in [0.3, 0.4) is 0 Å². The fraction of sp³-hybridized carbons (Fsp3) is 0.368. The molecule has 0 N–H and O–H groups in total. The summed E-state index contributed by atoms with van der Waals surface area (Å²) in [6.45, 7) is 14.1. The minimum Gasteiger partial charge on any atom is -0.336 e. The molecule has 1 nitrogen and oxygen atoms in total. The Hall–Kier alpha value is -1.54. The number of nitrogens with zero attached hydrogens (tertiary/aromatic N) is 1. The molecule has 110 valence electrons. The molecule has 3 rings (SSSR count). The number of aryl methyl sites for hydroxylation is 1.